The minimum atomic E-state index is 0.0677. The first-order valence-corrected chi connectivity index (χ1v) is 10.1. The molecule has 0 radical (unpaired) electrons. The van der Waals surface area contributed by atoms with Gasteiger partial charge in [0.05, 0.1) is 7.11 Å². The molecule has 1 fully saturated rings. The average Bonchev–Trinajstić information content (AvgIpc) is 2.76. The van der Waals surface area contributed by atoms with E-state index in [1.165, 1.54) is 0 Å². The van der Waals surface area contributed by atoms with E-state index in [9.17, 15) is 4.79 Å². The summed E-state index contributed by atoms with van der Waals surface area (Å²) in [5.74, 6) is 1.68. The van der Waals surface area contributed by atoms with Gasteiger partial charge < -0.3 is 24.8 Å². The van der Waals surface area contributed by atoms with E-state index in [0.717, 1.165) is 49.9 Å². The maximum absolute atomic E-state index is 12.9. The number of rotatable bonds is 8. The van der Waals surface area contributed by atoms with Crippen molar-refractivity contribution in [3.05, 3.63) is 48.2 Å². The Hall–Kier alpha value is -2.80. The molecule has 1 saturated heterocycles. The molecule has 2 heterocycles. The number of hydrogen-bond donors (Lipinski definition) is 1. The number of aromatic nitrogens is 1. The summed E-state index contributed by atoms with van der Waals surface area (Å²) in [5.41, 5.74) is 1.85. The van der Waals surface area contributed by atoms with E-state index in [0.29, 0.717) is 18.7 Å². The van der Waals surface area contributed by atoms with Crippen LogP contribution in [0.3, 0.4) is 0 Å². The summed E-state index contributed by atoms with van der Waals surface area (Å²) < 4.78 is 5.22. The van der Waals surface area contributed by atoms with Gasteiger partial charge in [-0.3, -0.25) is 4.79 Å². The molecule has 0 spiro atoms. The van der Waals surface area contributed by atoms with Crippen LogP contribution in [0.5, 0.6) is 5.75 Å². The van der Waals surface area contributed by atoms with Gasteiger partial charge in [0.1, 0.15) is 11.6 Å². The summed E-state index contributed by atoms with van der Waals surface area (Å²) in [5, 5.41) is 3.31. The third-order valence-corrected chi connectivity index (χ3v) is 5.10. The molecule has 0 unspecified atom stereocenters. The highest BCUT2D eigenvalue weighted by Gasteiger charge is 2.22. The highest BCUT2D eigenvalue weighted by atomic mass is 16.5. The van der Waals surface area contributed by atoms with Gasteiger partial charge in [-0.2, -0.15) is 0 Å². The van der Waals surface area contributed by atoms with Crippen molar-refractivity contribution in [1.29, 1.82) is 0 Å². The molecular formula is C22H31N5O2. The molecule has 1 aromatic carbocycles. The van der Waals surface area contributed by atoms with Crippen LogP contribution in [0.4, 0.5) is 11.5 Å². The largest absolute Gasteiger partial charge is 0.497 e. The van der Waals surface area contributed by atoms with Gasteiger partial charge in [0, 0.05) is 50.2 Å². The minimum absolute atomic E-state index is 0.0677. The molecule has 7 heteroatoms. The first-order chi connectivity index (χ1) is 14.1. The molecule has 0 aliphatic carbocycles. The summed E-state index contributed by atoms with van der Waals surface area (Å²) in [6, 6.07) is 11.7. The standard InChI is InChI=1S/C22H31N5O2/c1-25(2)12-4-10-23-21-17-18(9-11-24-21)22(28)27-15-13-26(14-16-27)19-5-7-20(29-3)8-6-19/h5-9,11,17H,4,10,12-16H2,1-3H3,(H,23,24). The van der Waals surface area contributed by atoms with Gasteiger partial charge in [-0.1, -0.05) is 0 Å². The van der Waals surface area contributed by atoms with Crippen LogP contribution in [0, 0.1) is 0 Å². The van der Waals surface area contributed by atoms with E-state index in [1.807, 2.05) is 23.1 Å². The van der Waals surface area contributed by atoms with Crippen LogP contribution in [0.25, 0.3) is 0 Å². The molecule has 1 amide bonds. The molecule has 0 saturated carbocycles. The number of benzene rings is 1. The molecule has 1 aliphatic heterocycles. The molecule has 0 bridgehead atoms. The topological polar surface area (TPSA) is 60.9 Å². The fraction of sp³-hybridized carbons (Fsp3) is 0.455. The van der Waals surface area contributed by atoms with Crippen molar-refractivity contribution in [2.24, 2.45) is 0 Å². The number of hydrogen-bond acceptors (Lipinski definition) is 6. The number of nitrogens with zero attached hydrogens (tertiary/aromatic N) is 4. The van der Waals surface area contributed by atoms with E-state index in [2.05, 4.69) is 46.3 Å². The van der Waals surface area contributed by atoms with Crippen LogP contribution >= 0.6 is 0 Å². The van der Waals surface area contributed by atoms with Gasteiger partial charge in [0.25, 0.3) is 5.91 Å². The number of anilines is 2. The average molecular weight is 398 g/mol. The summed E-state index contributed by atoms with van der Waals surface area (Å²) in [6.45, 7) is 4.91. The van der Waals surface area contributed by atoms with Gasteiger partial charge in [0.15, 0.2) is 0 Å². The maximum Gasteiger partial charge on any atom is 0.254 e. The molecular weight excluding hydrogens is 366 g/mol. The molecule has 0 atom stereocenters. The first-order valence-electron chi connectivity index (χ1n) is 10.1. The van der Waals surface area contributed by atoms with Crippen molar-refractivity contribution < 1.29 is 9.53 Å². The second-order valence-electron chi connectivity index (χ2n) is 7.49. The lowest BCUT2D eigenvalue weighted by atomic mass is 10.2. The Labute approximate surface area is 173 Å². The van der Waals surface area contributed by atoms with Gasteiger partial charge in [-0.15, -0.1) is 0 Å². The van der Waals surface area contributed by atoms with E-state index in [4.69, 9.17) is 4.74 Å². The highest BCUT2D eigenvalue weighted by Crippen LogP contribution is 2.21. The molecule has 2 aromatic rings. The van der Waals surface area contributed by atoms with Crippen LogP contribution in [0.15, 0.2) is 42.6 Å². The lowest BCUT2D eigenvalue weighted by Crippen LogP contribution is -2.48. The summed E-state index contributed by atoms with van der Waals surface area (Å²) in [4.78, 5) is 23.6. The van der Waals surface area contributed by atoms with E-state index < -0.39 is 0 Å². The number of amides is 1. The smallest absolute Gasteiger partial charge is 0.254 e. The zero-order valence-electron chi connectivity index (χ0n) is 17.6. The van der Waals surface area contributed by atoms with E-state index >= 15 is 0 Å². The SMILES string of the molecule is COc1ccc(N2CCN(C(=O)c3ccnc(NCCCN(C)C)c3)CC2)cc1. The Bertz CT molecular complexity index is 786. The minimum Gasteiger partial charge on any atom is -0.497 e. The Kier molecular flexibility index (Phi) is 7.30. The Morgan fingerprint density at radius 3 is 2.52 bits per heavy atom. The number of methoxy groups -OCH3 is 1. The molecule has 7 nitrogen and oxygen atoms in total. The number of piperazine rings is 1. The number of ether oxygens (including phenoxy) is 1. The van der Waals surface area contributed by atoms with Gasteiger partial charge in [0.2, 0.25) is 0 Å². The molecule has 29 heavy (non-hydrogen) atoms. The number of carbonyl (C=O) groups is 1. The van der Waals surface area contributed by atoms with Crippen molar-refractivity contribution in [2.45, 2.75) is 6.42 Å². The first kappa shape index (κ1) is 20.9. The normalized spacial score (nSPS) is 14.2. The third kappa shape index (κ3) is 5.84. The van der Waals surface area contributed by atoms with Crippen molar-refractivity contribution >= 4 is 17.4 Å². The Morgan fingerprint density at radius 1 is 1.14 bits per heavy atom. The Morgan fingerprint density at radius 2 is 1.86 bits per heavy atom. The van der Waals surface area contributed by atoms with Crippen LogP contribution in [-0.2, 0) is 0 Å². The predicted octanol–water partition coefficient (Wildman–Crippen LogP) is 2.42. The zero-order chi connectivity index (χ0) is 20.6. The summed E-state index contributed by atoms with van der Waals surface area (Å²) in [6.07, 6.45) is 2.73. The number of carbonyl (C=O) groups excluding carboxylic acids is 1. The fourth-order valence-electron chi connectivity index (χ4n) is 3.42. The van der Waals surface area contributed by atoms with Gasteiger partial charge in [-0.25, -0.2) is 4.98 Å². The van der Waals surface area contributed by atoms with Gasteiger partial charge in [-0.05, 0) is 63.5 Å². The molecule has 1 aliphatic rings. The van der Waals surface area contributed by atoms with Crippen LogP contribution in [-0.4, -0.2) is 81.2 Å². The predicted molar refractivity (Wildman–Crippen MR) is 117 cm³/mol. The van der Waals surface area contributed by atoms with Crippen LogP contribution in [0.2, 0.25) is 0 Å². The lowest BCUT2D eigenvalue weighted by Gasteiger charge is -2.36. The lowest BCUT2D eigenvalue weighted by molar-refractivity contribution is 0.0746. The monoisotopic (exact) mass is 397 g/mol. The molecule has 1 aromatic heterocycles. The van der Waals surface area contributed by atoms with E-state index in [-0.39, 0.29) is 5.91 Å². The summed E-state index contributed by atoms with van der Waals surface area (Å²) >= 11 is 0. The van der Waals surface area contributed by atoms with Crippen molar-refractivity contribution in [3.8, 4) is 5.75 Å². The summed E-state index contributed by atoms with van der Waals surface area (Å²) in [7, 11) is 5.79. The maximum atomic E-state index is 12.9. The fourth-order valence-corrected chi connectivity index (χ4v) is 3.42. The second-order valence-corrected chi connectivity index (χ2v) is 7.49. The third-order valence-electron chi connectivity index (χ3n) is 5.10. The highest BCUT2D eigenvalue weighted by molar-refractivity contribution is 5.95. The second kappa shape index (κ2) is 10.1. The molecule has 1 N–H and O–H groups in total. The van der Waals surface area contributed by atoms with Crippen LogP contribution in [0.1, 0.15) is 16.8 Å². The zero-order valence-corrected chi connectivity index (χ0v) is 17.6. The molecule has 156 valence electrons. The number of pyridine rings is 1. The van der Waals surface area contributed by atoms with Crippen molar-refractivity contribution in [2.75, 3.05) is 70.7 Å². The van der Waals surface area contributed by atoms with Gasteiger partial charge >= 0.3 is 0 Å². The van der Waals surface area contributed by atoms with Crippen molar-refractivity contribution in [1.82, 2.24) is 14.8 Å². The number of nitrogens with one attached hydrogen (secondary N) is 1. The Balaban J connectivity index is 1.52. The van der Waals surface area contributed by atoms with Crippen molar-refractivity contribution in [3.63, 3.8) is 0 Å². The van der Waals surface area contributed by atoms with Crippen LogP contribution < -0.4 is 15.0 Å². The van der Waals surface area contributed by atoms with E-state index in [1.54, 1.807) is 19.4 Å². The molecule has 3 rings (SSSR count). The quantitative estimate of drug-likeness (QED) is 0.691.